The van der Waals surface area contributed by atoms with Gasteiger partial charge in [-0.25, -0.2) is 0 Å². The van der Waals surface area contributed by atoms with E-state index in [1.807, 2.05) is 0 Å². The Kier molecular flexibility index (Phi) is 4.80. The van der Waals surface area contributed by atoms with E-state index in [2.05, 4.69) is 0 Å². The Bertz CT molecular complexity index is 334. The van der Waals surface area contributed by atoms with Crippen LogP contribution in [0.1, 0.15) is 45.4 Å². The summed E-state index contributed by atoms with van der Waals surface area (Å²) in [4.78, 5) is 24.7. The second-order valence-electron chi connectivity index (χ2n) is 5.73. The Labute approximate surface area is 113 Å². The molecule has 0 saturated heterocycles. The van der Waals surface area contributed by atoms with Gasteiger partial charge in [-0.15, -0.1) is 0 Å². The van der Waals surface area contributed by atoms with Crippen LogP contribution in [-0.2, 0) is 14.3 Å². The first-order valence-electron chi connectivity index (χ1n) is 7.22. The normalized spacial score (nSPS) is 21.3. The minimum Gasteiger partial charge on any atom is -0.481 e. The van der Waals surface area contributed by atoms with Gasteiger partial charge in [0.2, 0.25) is 5.91 Å². The van der Waals surface area contributed by atoms with Crippen molar-refractivity contribution >= 4 is 11.9 Å². The van der Waals surface area contributed by atoms with E-state index in [1.165, 1.54) is 12.8 Å². The van der Waals surface area contributed by atoms with Gasteiger partial charge in [-0.3, -0.25) is 9.59 Å². The molecule has 0 aromatic heterocycles. The Morgan fingerprint density at radius 3 is 2.42 bits per heavy atom. The Morgan fingerprint density at radius 1 is 1.26 bits per heavy atom. The molecule has 108 valence electrons. The van der Waals surface area contributed by atoms with E-state index in [0.717, 1.165) is 25.7 Å². The van der Waals surface area contributed by atoms with Crippen LogP contribution in [0, 0.1) is 5.92 Å². The SMILES string of the molecule is CC(CN(C(=O)COC1CCCC1)C1CC1)C(=O)O. The molecule has 2 rings (SSSR count). The first-order chi connectivity index (χ1) is 9.08. The summed E-state index contributed by atoms with van der Waals surface area (Å²) >= 11 is 0. The summed E-state index contributed by atoms with van der Waals surface area (Å²) in [5.41, 5.74) is 0. The standard InChI is InChI=1S/C14H23NO4/c1-10(14(17)18)8-15(11-6-7-11)13(16)9-19-12-4-2-3-5-12/h10-12H,2-9H2,1H3,(H,17,18). The highest BCUT2D eigenvalue weighted by atomic mass is 16.5. The lowest BCUT2D eigenvalue weighted by Crippen LogP contribution is -2.41. The number of aliphatic carboxylic acids is 1. The van der Waals surface area contributed by atoms with Crippen LogP contribution in [0.15, 0.2) is 0 Å². The lowest BCUT2D eigenvalue weighted by atomic mass is 10.1. The minimum atomic E-state index is -0.852. The molecule has 5 heteroatoms. The van der Waals surface area contributed by atoms with E-state index in [-0.39, 0.29) is 24.7 Å². The number of nitrogens with zero attached hydrogens (tertiary/aromatic N) is 1. The summed E-state index contributed by atoms with van der Waals surface area (Å²) in [7, 11) is 0. The lowest BCUT2D eigenvalue weighted by Gasteiger charge is -2.25. The molecule has 1 N–H and O–H groups in total. The average Bonchev–Trinajstić information content (AvgIpc) is 3.08. The molecule has 2 aliphatic carbocycles. The fourth-order valence-electron chi connectivity index (χ4n) is 2.54. The summed E-state index contributed by atoms with van der Waals surface area (Å²) in [5, 5.41) is 8.95. The second kappa shape index (κ2) is 6.37. The molecular weight excluding hydrogens is 246 g/mol. The molecule has 2 fully saturated rings. The van der Waals surface area contributed by atoms with Gasteiger partial charge in [-0.1, -0.05) is 19.8 Å². The van der Waals surface area contributed by atoms with E-state index >= 15 is 0 Å². The zero-order valence-electron chi connectivity index (χ0n) is 11.5. The van der Waals surface area contributed by atoms with E-state index in [0.29, 0.717) is 6.54 Å². The van der Waals surface area contributed by atoms with Crippen molar-refractivity contribution in [1.82, 2.24) is 4.90 Å². The molecule has 0 spiro atoms. The van der Waals surface area contributed by atoms with Gasteiger partial charge in [0, 0.05) is 12.6 Å². The average molecular weight is 269 g/mol. The van der Waals surface area contributed by atoms with Crippen LogP contribution >= 0.6 is 0 Å². The van der Waals surface area contributed by atoms with E-state index in [9.17, 15) is 9.59 Å². The van der Waals surface area contributed by atoms with Crippen LogP contribution in [0.3, 0.4) is 0 Å². The van der Waals surface area contributed by atoms with Gasteiger partial charge < -0.3 is 14.7 Å². The number of ether oxygens (including phenoxy) is 1. The molecule has 0 radical (unpaired) electrons. The highest BCUT2D eigenvalue weighted by Crippen LogP contribution is 2.28. The number of carbonyl (C=O) groups is 2. The maximum Gasteiger partial charge on any atom is 0.308 e. The number of carbonyl (C=O) groups excluding carboxylic acids is 1. The molecule has 0 heterocycles. The summed E-state index contributed by atoms with van der Waals surface area (Å²) < 4.78 is 5.63. The maximum absolute atomic E-state index is 12.1. The second-order valence-corrected chi connectivity index (χ2v) is 5.73. The third-order valence-electron chi connectivity index (χ3n) is 3.94. The van der Waals surface area contributed by atoms with Crippen molar-refractivity contribution in [2.24, 2.45) is 5.92 Å². The summed E-state index contributed by atoms with van der Waals surface area (Å²) in [6.45, 7) is 2.04. The summed E-state index contributed by atoms with van der Waals surface area (Å²) in [5.74, 6) is -1.42. The van der Waals surface area contributed by atoms with Gasteiger partial charge in [0.1, 0.15) is 6.61 Å². The monoisotopic (exact) mass is 269 g/mol. The topological polar surface area (TPSA) is 66.8 Å². The largest absolute Gasteiger partial charge is 0.481 e. The molecule has 1 atom stereocenters. The van der Waals surface area contributed by atoms with Gasteiger partial charge >= 0.3 is 5.97 Å². The predicted octanol–water partition coefficient (Wildman–Crippen LogP) is 1.66. The van der Waals surface area contributed by atoms with Crippen LogP contribution in [-0.4, -0.2) is 47.2 Å². The third kappa shape index (κ3) is 4.20. The van der Waals surface area contributed by atoms with Crippen LogP contribution in [0.5, 0.6) is 0 Å². The van der Waals surface area contributed by atoms with Crippen molar-refractivity contribution < 1.29 is 19.4 Å². The molecule has 19 heavy (non-hydrogen) atoms. The first-order valence-corrected chi connectivity index (χ1v) is 7.22. The molecule has 0 aromatic carbocycles. The van der Waals surface area contributed by atoms with E-state index < -0.39 is 11.9 Å². The Balaban J connectivity index is 1.80. The van der Waals surface area contributed by atoms with E-state index in [1.54, 1.807) is 11.8 Å². The lowest BCUT2D eigenvalue weighted by molar-refractivity contribution is -0.145. The van der Waals surface area contributed by atoms with Crippen molar-refractivity contribution in [3.05, 3.63) is 0 Å². The third-order valence-corrected chi connectivity index (χ3v) is 3.94. The molecule has 0 bridgehead atoms. The van der Waals surface area contributed by atoms with Crippen LogP contribution in [0.25, 0.3) is 0 Å². The van der Waals surface area contributed by atoms with Crippen molar-refractivity contribution in [2.75, 3.05) is 13.2 Å². The van der Waals surface area contributed by atoms with Crippen LogP contribution < -0.4 is 0 Å². The summed E-state index contributed by atoms with van der Waals surface area (Å²) in [6.07, 6.45) is 6.65. The van der Waals surface area contributed by atoms with Gasteiger partial charge in [-0.05, 0) is 25.7 Å². The van der Waals surface area contributed by atoms with Crippen molar-refractivity contribution in [2.45, 2.75) is 57.6 Å². The fraction of sp³-hybridized carbons (Fsp3) is 0.857. The smallest absolute Gasteiger partial charge is 0.308 e. The molecule has 0 aliphatic heterocycles. The fourth-order valence-corrected chi connectivity index (χ4v) is 2.54. The number of carboxylic acids is 1. The molecule has 0 aromatic rings. The number of carboxylic acid groups (broad SMARTS) is 1. The van der Waals surface area contributed by atoms with E-state index in [4.69, 9.17) is 9.84 Å². The molecular formula is C14H23NO4. The van der Waals surface area contributed by atoms with Crippen molar-refractivity contribution in [3.8, 4) is 0 Å². The molecule has 2 saturated carbocycles. The molecule has 1 unspecified atom stereocenters. The predicted molar refractivity (Wildman–Crippen MR) is 69.7 cm³/mol. The van der Waals surface area contributed by atoms with Crippen LogP contribution in [0.4, 0.5) is 0 Å². The molecule has 5 nitrogen and oxygen atoms in total. The van der Waals surface area contributed by atoms with Gasteiger partial charge in [0.05, 0.1) is 12.0 Å². The number of hydrogen-bond donors (Lipinski definition) is 1. The zero-order valence-corrected chi connectivity index (χ0v) is 11.5. The first kappa shape index (κ1) is 14.3. The Hall–Kier alpha value is -1.10. The zero-order chi connectivity index (χ0) is 13.8. The van der Waals surface area contributed by atoms with Gasteiger partial charge in [-0.2, -0.15) is 0 Å². The Morgan fingerprint density at radius 2 is 1.89 bits per heavy atom. The quantitative estimate of drug-likeness (QED) is 0.763. The van der Waals surface area contributed by atoms with Gasteiger partial charge in [0.25, 0.3) is 0 Å². The van der Waals surface area contributed by atoms with Crippen molar-refractivity contribution in [3.63, 3.8) is 0 Å². The highest BCUT2D eigenvalue weighted by Gasteiger charge is 2.34. The molecule has 1 amide bonds. The number of amides is 1. The minimum absolute atomic E-state index is 0.0532. The number of rotatable bonds is 7. The van der Waals surface area contributed by atoms with Crippen LogP contribution in [0.2, 0.25) is 0 Å². The maximum atomic E-state index is 12.1. The number of hydrogen-bond acceptors (Lipinski definition) is 3. The van der Waals surface area contributed by atoms with Gasteiger partial charge in [0.15, 0.2) is 0 Å². The summed E-state index contributed by atoms with van der Waals surface area (Å²) in [6, 6.07) is 0.237. The molecule has 2 aliphatic rings. The van der Waals surface area contributed by atoms with Crippen molar-refractivity contribution in [1.29, 1.82) is 0 Å². The highest BCUT2D eigenvalue weighted by molar-refractivity contribution is 5.79.